The molecule has 138 valence electrons. The number of ether oxygens (including phenoxy) is 2. The second-order valence-corrected chi connectivity index (χ2v) is 7.84. The van der Waals surface area contributed by atoms with Gasteiger partial charge in [-0.1, -0.05) is 6.07 Å². The summed E-state index contributed by atoms with van der Waals surface area (Å²) in [5.74, 6) is -0.455. The third kappa shape index (κ3) is 3.45. The van der Waals surface area contributed by atoms with Crippen LogP contribution in [0.3, 0.4) is 0 Å². The van der Waals surface area contributed by atoms with Crippen LogP contribution in [-0.4, -0.2) is 39.3 Å². The van der Waals surface area contributed by atoms with Gasteiger partial charge in [0, 0.05) is 6.07 Å². The molecule has 3 rings (SSSR count). The highest BCUT2D eigenvalue weighted by Crippen LogP contribution is 2.34. The van der Waals surface area contributed by atoms with Crippen molar-refractivity contribution in [3.8, 4) is 11.5 Å². The zero-order chi connectivity index (χ0) is 18.9. The van der Waals surface area contributed by atoms with E-state index in [-0.39, 0.29) is 4.90 Å². The van der Waals surface area contributed by atoms with E-state index < -0.39 is 22.5 Å². The lowest BCUT2D eigenvalue weighted by molar-refractivity contribution is -0.135. The molecule has 0 aromatic heterocycles. The number of carbonyl (C=O) groups is 1. The maximum absolute atomic E-state index is 13.1. The van der Waals surface area contributed by atoms with Crippen LogP contribution >= 0.6 is 0 Å². The number of benzene rings is 2. The molecule has 1 heterocycles. The number of aliphatic carboxylic acids is 1. The van der Waals surface area contributed by atoms with Crippen LogP contribution in [0.25, 0.3) is 0 Å². The standard InChI is InChI=1S/C18H19NO6S/c1-12-3-4-14(9-13(12)2)19(11-18(20)21)26(22,23)15-5-6-16-17(10-15)25-8-7-24-16/h3-6,9-10H,7-8,11H2,1-2H3,(H,20,21). The topological polar surface area (TPSA) is 93.1 Å². The summed E-state index contributed by atoms with van der Waals surface area (Å²) in [7, 11) is -4.10. The number of fused-ring (bicyclic) bond motifs is 1. The van der Waals surface area contributed by atoms with Gasteiger partial charge in [0.05, 0.1) is 10.6 Å². The predicted octanol–water partition coefficient (Wildman–Crippen LogP) is 2.35. The molecule has 0 radical (unpaired) electrons. The molecule has 0 amide bonds. The minimum Gasteiger partial charge on any atom is -0.486 e. The first kappa shape index (κ1) is 18.1. The van der Waals surface area contributed by atoms with Gasteiger partial charge in [-0.05, 0) is 49.2 Å². The Kier molecular flexibility index (Phi) is 4.78. The van der Waals surface area contributed by atoms with Gasteiger partial charge in [0.2, 0.25) is 0 Å². The Bertz CT molecular complexity index is 954. The fraction of sp³-hybridized carbons (Fsp3) is 0.278. The van der Waals surface area contributed by atoms with Crippen LogP contribution in [0.1, 0.15) is 11.1 Å². The summed E-state index contributed by atoms with van der Waals surface area (Å²) < 4.78 is 38.0. The van der Waals surface area contributed by atoms with E-state index in [1.165, 1.54) is 18.2 Å². The van der Waals surface area contributed by atoms with Gasteiger partial charge in [0.25, 0.3) is 10.0 Å². The lowest BCUT2D eigenvalue weighted by atomic mass is 10.1. The molecular weight excluding hydrogens is 358 g/mol. The van der Waals surface area contributed by atoms with Crippen LogP contribution in [-0.2, 0) is 14.8 Å². The Morgan fingerprint density at radius 2 is 1.73 bits per heavy atom. The van der Waals surface area contributed by atoms with Gasteiger partial charge < -0.3 is 14.6 Å². The van der Waals surface area contributed by atoms with Crippen LogP contribution < -0.4 is 13.8 Å². The number of nitrogens with zero attached hydrogens (tertiary/aromatic N) is 1. The van der Waals surface area contributed by atoms with E-state index in [0.29, 0.717) is 30.4 Å². The highest BCUT2D eigenvalue weighted by molar-refractivity contribution is 7.92. The quantitative estimate of drug-likeness (QED) is 0.860. The fourth-order valence-electron chi connectivity index (χ4n) is 2.63. The van der Waals surface area contributed by atoms with Crippen molar-refractivity contribution in [1.29, 1.82) is 0 Å². The Morgan fingerprint density at radius 1 is 1.04 bits per heavy atom. The molecule has 0 bridgehead atoms. The van der Waals surface area contributed by atoms with Crippen molar-refractivity contribution >= 4 is 21.7 Å². The maximum atomic E-state index is 13.1. The van der Waals surface area contributed by atoms with E-state index >= 15 is 0 Å². The average Bonchev–Trinajstić information content (AvgIpc) is 2.61. The molecule has 0 spiro atoms. The third-order valence-electron chi connectivity index (χ3n) is 4.16. The number of rotatable bonds is 5. The minimum atomic E-state index is -4.10. The lowest BCUT2D eigenvalue weighted by Gasteiger charge is -2.25. The van der Waals surface area contributed by atoms with E-state index in [9.17, 15) is 18.3 Å². The first-order chi connectivity index (χ1) is 12.3. The summed E-state index contributed by atoms with van der Waals surface area (Å²) >= 11 is 0. The molecule has 1 N–H and O–H groups in total. The smallest absolute Gasteiger partial charge is 0.324 e. The molecule has 0 atom stereocenters. The van der Waals surface area contributed by atoms with E-state index in [4.69, 9.17) is 9.47 Å². The Hall–Kier alpha value is -2.74. The molecule has 1 aliphatic heterocycles. The highest BCUT2D eigenvalue weighted by atomic mass is 32.2. The zero-order valence-corrected chi connectivity index (χ0v) is 15.2. The summed E-state index contributed by atoms with van der Waals surface area (Å²) in [5, 5.41) is 9.22. The molecule has 0 aliphatic carbocycles. The monoisotopic (exact) mass is 377 g/mol. The largest absolute Gasteiger partial charge is 0.486 e. The van der Waals surface area contributed by atoms with E-state index in [1.54, 1.807) is 18.2 Å². The zero-order valence-electron chi connectivity index (χ0n) is 14.4. The van der Waals surface area contributed by atoms with Crippen molar-refractivity contribution in [1.82, 2.24) is 0 Å². The van der Waals surface area contributed by atoms with E-state index in [1.807, 2.05) is 13.8 Å². The van der Waals surface area contributed by atoms with Crippen LogP contribution in [0.2, 0.25) is 0 Å². The number of hydrogen-bond donors (Lipinski definition) is 1. The van der Waals surface area contributed by atoms with Crippen LogP contribution in [0.5, 0.6) is 11.5 Å². The number of hydrogen-bond acceptors (Lipinski definition) is 5. The molecule has 0 saturated heterocycles. The minimum absolute atomic E-state index is 0.0544. The Balaban J connectivity index is 2.07. The van der Waals surface area contributed by atoms with Crippen LogP contribution in [0.4, 0.5) is 5.69 Å². The fourth-order valence-corrected chi connectivity index (χ4v) is 4.05. The number of carboxylic acids is 1. The van der Waals surface area contributed by atoms with Crippen molar-refractivity contribution in [3.05, 3.63) is 47.5 Å². The Labute approximate surface area is 151 Å². The number of aryl methyl sites for hydroxylation is 2. The molecule has 7 nitrogen and oxygen atoms in total. The molecule has 2 aromatic carbocycles. The van der Waals surface area contributed by atoms with Crippen molar-refractivity contribution in [2.45, 2.75) is 18.7 Å². The lowest BCUT2D eigenvalue weighted by Crippen LogP contribution is -2.36. The second-order valence-electron chi connectivity index (χ2n) is 5.98. The predicted molar refractivity (Wildman–Crippen MR) is 95.5 cm³/mol. The summed E-state index contributed by atoms with van der Waals surface area (Å²) in [4.78, 5) is 11.2. The first-order valence-electron chi connectivity index (χ1n) is 8.00. The summed E-state index contributed by atoms with van der Waals surface area (Å²) in [5.41, 5.74) is 2.15. The first-order valence-corrected chi connectivity index (χ1v) is 9.44. The average molecular weight is 377 g/mol. The summed E-state index contributed by atoms with van der Waals surface area (Å²) in [6.07, 6.45) is 0. The van der Waals surface area contributed by atoms with E-state index in [0.717, 1.165) is 15.4 Å². The van der Waals surface area contributed by atoms with Crippen LogP contribution in [0.15, 0.2) is 41.3 Å². The summed E-state index contributed by atoms with van der Waals surface area (Å²) in [6, 6.07) is 9.28. The van der Waals surface area contributed by atoms with Gasteiger partial charge in [-0.25, -0.2) is 8.42 Å². The molecule has 1 aliphatic rings. The maximum Gasteiger partial charge on any atom is 0.324 e. The van der Waals surface area contributed by atoms with E-state index in [2.05, 4.69) is 0 Å². The van der Waals surface area contributed by atoms with Crippen LogP contribution in [0, 0.1) is 13.8 Å². The molecule has 0 fully saturated rings. The van der Waals surface area contributed by atoms with Gasteiger partial charge in [0.1, 0.15) is 19.8 Å². The number of anilines is 1. The molecular formula is C18H19NO6S. The van der Waals surface area contributed by atoms with Crippen molar-refractivity contribution in [3.63, 3.8) is 0 Å². The number of carboxylic acid groups (broad SMARTS) is 1. The molecule has 8 heteroatoms. The SMILES string of the molecule is Cc1ccc(N(CC(=O)O)S(=O)(=O)c2ccc3c(c2)OCCO3)cc1C. The number of sulfonamides is 1. The van der Waals surface area contributed by atoms with Crippen molar-refractivity contribution in [2.75, 3.05) is 24.1 Å². The molecule has 26 heavy (non-hydrogen) atoms. The second kappa shape index (κ2) is 6.87. The highest BCUT2D eigenvalue weighted by Gasteiger charge is 2.29. The molecule has 0 saturated carbocycles. The van der Waals surface area contributed by atoms with Gasteiger partial charge in [0.15, 0.2) is 11.5 Å². The normalized spacial score (nSPS) is 13.3. The van der Waals surface area contributed by atoms with Gasteiger partial charge in [-0.15, -0.1) is 0 Å². The van der Waals surface area contributed by atoms with Crippen molar-refractivity contribution < 1.29 is 27.8 Å². The molecule has 0 unspecified atom stereocenters. The van der Waals surface area contributed by atoms with Crippen molar-refractivity contribution in [2.24, 2.45) is 0 Å². The Morgan fingerprint density at radius 3 is 2.38 bits per heavy atom. The van der Waals surface area contributed by atoms with Gasteiger partial charge in [-0.2, -0.15) is 0 Å². The summed E-state index contributed by atoms with van der Waals surface area (Å²) in [6.45, 7) is 3.78. The van der Waals surface area contributed by atoms with Gasteiger partial charge in [-0.3, -0.25) is 9.10 Å². The van der Waals surface area contributed by atoms with Gasteiger partial charge >= 0.3 is 5.97 Å². The third-order valence-corrected chi connectivity index (χ3v) is 5.93. The molecule has 2 aromatic rings.